The van der Waals surface area contributed by atoms with Crippen molar-refractivity contribution < 1.29 is 24.1 Å². The van der Waals surface area contributed by atoms with Gasteiger partial charge in [-0.2, -0.15) is 0 Å². The minimum absolute atomic E-state index is 0.210. The van der Waals surface area contributed by atoms with Crippen LogP contribution in [0.1, 0.15) is 25.8 Å². The summed E-state index contributed by atoms with van der Waals surface area (Å²) < 4.78 is 17.2. The van der Waals surface area contributed by atoms with Gasteiger partial charge in [0.05, 0.1) is 25.9 Å². The Morgan fingerprint density at radius 1 is 1.21 bits per heavy atom. The van der Waals surface area contributed by atoms with E-state index in [0.29, 0.717) is 13.0 Å². The van der Waals surface area contributed by atoms with E-state index >= 15 is 0 Å². The van der Waals surface area contributed by atoms with Crippen LogP contribution in [0.15, 0.2) is 59.5 Å². The summed E-state index contributed by atoms with van der Waals surface area (Å²) in [6.07, 6.45) is -0.909. The number of Topliss-reactive ketones (excluding diaryl/α,β-unsaturated/α-hetero) is 1. The molecule has 0 radical (unpaired) electrons. The molecule has 1 saturated heterocycles. The van der Waals surface area contributed by atoms with Crippen molar-refractivity contribution in [3.8, 4) is 5.75 Å². The molecule has 0 saturated carbocycles. The van der Waals surface area contributed by atoms with Crippen molar-refractivity contribution in [2.24, 2.45) is 0 Å². The molecule has 0 aromatic heterocycles. The quantitative estimate of drug-likeness (QED) is 0.759. The first-order chi connectivity index (χ1) is 13.4. The highest BCUT2D eigenvalue weighted by Gasteiger charge is 2.52. The predicted molar refractivity (Wildman–Crippen MR) is 108 cm³/mol. The molecule has 0 unspecified atom stereocenters. The van der Waals surface area contributed by atoms with Gasteiger partial charge in [-0.3, -0.25) is 4.79 Å². The molecule has 5 nitrogen and oxygen atoms in total. The van der Waals surface area contributed by atoms with Crippen LogP contribution in [0, 0.1) is 0 Å². The highest BCUT2D eigenvalue weighted by atomic mass is 32.2. The minimum atomic E-state index is -1.67. The summed E-state index contributed by atoms with van der Waals surface area (Å²) in [5, 5.41) is 11.1. The van der Waals surface area contributed by atoms with Crippen molar-refractivity contribution in [3.05, 3.63) is 60.2 Å². The fraction of sp³-hybridized carbons (Fsp3) is 0.409. The molecular weight excluding hydrogens is 376 g/mol. The summed E-state index contributed by atoms with van der Waals surface area (Å²) >= 11 is 1.57. The molecule has 150 valence electrons. The zero-order valence-corrected chi connectivity index (χ0v) is 17.1. The molecule has 6 heteroatoms. The van der Waals surface area contributed by atoms with E-state index in [1.54, 1.807) is 25.8 Å². The smallest absolute Gasteiger partial charge is 0.174 e. The second-order valence-electron chi connectivity index (χ2n) is 6.90. The molecule has 2 aromatic rings. The molecule has 0 amide bonds. The first kappa shape index (κ1) is 20.9. The maximum Gasteiger partial charge on any atom is 0.174 e. The van der Waals surface area contributed by atoms with E-state index in [9.17, 15) is 9.90 Å². The van der Waals surface area contributed by atoms with Crippen LogP contribution in [0.2, 0.25) is 0 Å². The van der Waals surface area contributed by atoms with Gasteiger partial charge in [-0.25, -0.2) is 0 Å². The summed E-state index contributed by atoms with van der Waals surface area (Å²) in [6, 6.07) is 17.5. The zero-order chi connectivity index (χ0) is 20.1. The van der Waals surface area contributed by atoms with E-state index in [-0.39, 0.29) is 11.2 Å². The molecule has 0 aliphatic carbocycles. The van der Waals surface area contributed by atoms with Crippen molar-refractivity contribution in [3.63, 3.8) is 0 Å². The number of ether oxygens (including phenoxy) is 3. The molecule has 4 atom stereocenters. The van der Waals surface area contributed by atoms with Crippen LogP contribution >= 0.6 is 11.8 Å². The van der Waals surface area contributed by atoms with E-state index in [2.05, 4.69) is 0 Å². The minimum Gasteiger partial charge on any atom is -0.497 e. The third-order valence-corrected chi connectivity index (χ3v) is 6.17. The highest BCUT2D eigenvalue weighted by molar-refractivity contribution is 7.99. The van der Waals surface area contributed by atoms with Crippen LogP contribution in [0.4, 0.5) is 0 Å². The standard InChI is InChI=1S/C22H26O5S/c1-15(23)22(24)16(2)27-21(28-19-7-5-4-6-8-19)13-20(22)26-14-17-9-11-18(25-3)12-10-17/h4-12,16,20-21,24H,13-14H2,1-3H3/t16-,20-,21-,22+/m0/s1. The van der Waals surface area contributed by atoms with Gasteiger partial charge in [0.15, 0.2) is 11.4 Å². The number of hydrogen-bond acceptors (Lipinski definition) is 6. The Hall–Kier alpha value is -1.86. The van der Waals surface area contributed by atoms with Gasteiger partial charge in [0.2, 0.25) is 0 Å². The van der Waals surface area contributed by atoms with Gasteiger partial charge in [-0.05, 0) is 43.7 Å². The lowest BCUT2D eigenvalue weighted by atomic mass is 9.83. The van der Waals surface area contributed by atoms with Crippen LogP contribution < -0.4 is 4.74 Å². The van der Waals surface area contributed by atoms with Gasteiger partial charge < -0.3 is 19.3 Å². The van der Waals surface area contributed by atoms with Crippen molar-refractivity contribution in [1.29, 1.82) is 0 Å². The third kappa shape index (κ3) is 4.58. The molecular formula is C22H26O5S. The van der Waals surface area contributed by atoms with Crippen LogP contribution in [-0.2, 0) is 20.9 Å². The first-order valence-corrected chi connectivity index (χ1v) is 10.2. The Bertz CT molecular complexity index is 779. The van der Waals surface area contributed by atoms with Crippen LogP contribution in [-0.4, -0.2) is 41.2 Å². The van der Waals surface area contributed by atoms with Gasteiger partial charge in [0, 0.05) is 11.3 Å². The Kier molecular flexibility index (Phi) is 6.78. The van der Waals surface area contributed by atoms with Gasteiger partial charge in [-0.15, -0.1) is 0 Å². The average Bonchev–Trinajstić information content (AvgIpc) is 2.70. The molecule has 1 aliphatic heterocycles. The lowest BCUT2D eigenvalue weighted by Gasteiger charge is -2.45. The lowest BCUT2D eigenvalue weighted by Crippen LogP contribution is -2.62. The maximum atomic E-state index is 12.3. The van der Waals surface area contributed by atoms with Crippen LogP contribution in [0.3, 0.4) is 0 Å². The number of hydrogen-bond donors (Lipinski definition) is 1. The summed E-state index contributed by atoms with van der Waals surface area (Å²) in [4.78, 5) is 13.3. The number of rotatable bonds is 7. The summed E-state index contributed by atoms with van der Waals surface area (Å²) in [5.74, 6) is 0.422. The van der Waals surface area contributed by atoms with E-state index in [4.69, 9.17) is 14.2 Å². The van der Waals surface area contributed by atoms with Crippen molar-refractivity contribution in [2.75, 3.05) is 7.11 Å². The SMILES string of the molecule is COc1ccc(CO[C@H]2C[C@H](Sc3ccccc3)O[C@@H](C)[C@]2(O)C(C)=O)cc1. The summed E-state index contributed by atoms with van der Waals surface area (Å²) in [7, 11) is 1.62. The molecule has 28 heavy (non-hydrogen) atoms. The number of carbonyl (C=O) groups excluding carboxylic acids is 1. The first-order valence-electron chi connectivity index (χ1n) is 9.28. The number of benzene rings is 2. The van der Waals surface area contributed by atoms with Gasteiger partial charge in [0.1, 0.15) is 11.2 Å². The van der Waals surface area contributed by atoms with Crippen LogP contribution in [0.5, 0.6) is 5.75 Å². The molecule has 1 heterocycles. The number of thioether (sulfide) groups is 1. The van der Waals surface area contributed by atoms with E-state index in [1.807, 2.05) is 54.6 Å². The van der Waals surface area contributed by atoms with E-state index < -0.39 is 17.8 Å². The molecule has 1 aliphatic rings. The summed E-state index contributed by atoms with van der Waals surface area (Å²) in [6.45, 7) is 3.40. The average molecular weight is 403 g/mol. The molecule has 0 bridgehead atoms. The zero-order valence-electron chi connectivity index (χ0n) is 16.3. The van der Waals surface area contributed by atoms with Gasteiger partial charge in [-0.1, -0.05) is 42.1 Å². The normalized spacial score (nSPS) is 27.4. The number of methoxy groups -OCH3 is 1. The predicted octanol–water partition coefficient (Wildman–Crippen LogP) is 3.83. The third-order valence-electron chi connectivity index (χ3n) is 5.06. The van der Waals surface area contributed by atoms with E-state index in [0.717, 1.165) is 16.2 Å². The number of carbonyl (C=O) groups is 1. The fourth-order valence-electron chi connectivity index (χ4n) is 3.36. The Balaban J connectivity index is 1.73. The Morgan fingerprint density at radius 3 is 2.50 bits per heavy atom. The van der Waals surface area contributed by atoms with Gasteiger partial charge >= 0.3 is 0 Å². The van der Waals surface area contributed by atoms with Gasteiger partial charge in [0.25, 0.3) is 0 Å². The largest absolute Gasteiger partial charge is 0.497 e. The molecule has 2 aromatic carbocycles. The molecule has 1 fully saturated rings. The Labute approximate surface area is 170 Å². The lowest BCUT2D eigenvalue weighted by molar-refractivity contribution is -0.217. The van der Waals surface area contributed by atoms with Crippen molar-refractivity contribution >= 4 is 17.5 Å². The monoisotopic (exact) mass is 402 g/mol. The van der Waals surface area contributed by atoms with Crippen molar-refractivity contribution in [2.45, 2.75) is 55.0 Å². The number of ketones is 1. The number of aliphatic hydroxyl groups is 1. The fourth-order valence-corrected chi connectivity index (χ4v) is 4.47. The second-order valence-corrected chi connectivity index (χ2v) is 8.14. The summed E-state index contributed by atoms with van der Waals surface area (Å²) in [5.41, 5.74) is -0.934. The molecule has 1 N–H and O–H groups in total. The van der Waals surface area contributed by atoms with Crippen LogP contribution in [0.25, 0.3) is 0 Å². The Morgan fingerprint density at radius 2 is 1.89 bits per heavy atom. The maximum absolute atomic E-state index is 12.3. The second kappa shape index (κ2) is 9.09. The highest BCUT2D eigenvalue weighted by Crippen LogP contribution is 2.39. The van der Waals surface area contributed by atoms with Crippen molar-refractivity contribution in [1.82, 2.24) is 0 Å². The van der Waals surface area contributed by atoms with E-state index in [1.165, 1.54) is 6.92 Å². The molecule has 0 spiro atoms. The topological polar surface area (TPSA) is 65.0 Å². The molecule has 3 rings (SSSR count).